The lowest BCUT2D eigenvalue weighted by molar-refractivity contribution is 0.0950. The van der Waals surface area contributed by atoms with Crippen molar-refractivity contribution in [2.45, 2.75) is 6.92 Å². The molecule has 0 aliphatic heterocycles. The van der Waals surface area contributed by atoms with Crippen molar-refractivity contribution in [3.05, 3.63) is 64.4 Å². The van der Waals surface area contributed by atoms with Gasteiger partial charge in [-0.25, -0.2) is 5.43 Å². The van der Waals surface area contributed by atoms with Crippen LogP contribution in [0.3, 0.4) is 0 Å². The topological polar surface area (TPSA) is 54.4 Å². The van der Waals surface area contributed by atoms with Crippen LogP contribution in [0, 0.1) is 0 Å². The Hall–Kier alpha value is -2.01. The first kappa shape index (κ1) is 13.4. The van der Waals surface area contributed by atoms with E-state index in [0.29, 0.717) is 5.69 Å². The average molecular weight is 318 g/mol. The van der Waals surface area contributed by atoms with Crippen LogP contribution in [0.2, 0.25) is 0 Å². The molecule has 0 spiro atoms. The molecule has 2 rings (SSSR count). The van der Waals surface area contributed by atoms with Crippen LogP contribution in [0.1, 0.15) is 23.0 Å². The van der Waals surface area contributed by atoms with Gasteiger partial charge in [-0.15, -0.1) is 0 Å². The fourth-order valence-electron chi connectivity index (χ4n) is 1.47. The van der Waals surface area contributed by atoms with Crippen molar-refractivity contribution < 1.29 is 4.79 Å². The molecule has 2 aromatic rings. The molecule has 96 valence electrons. The standard InChI is InChI=1S/C14H12BrN3O/c1-10(11-5-4-6-12(15)9-11)17-18-14(19)13-7-2-3-8-16-13/h2-9H,1H3,(H,18,19)/b17-10+. The average Bonchev–Trinajstić information content (AvgIpc) is 2.45. The van der Waals surface area contributed by atoms with Gasteiger partial charge in [-0.3, -0.25) is 9.78 Å². The largest absolute Gasteiger partial charge is 0.289 e. The van der Waals surface area contributed by atoms with Gasteiger partial charge >= 0.3 is 0 Å². The summed E-state index contributed by atoms with van der Waals surface area (Å²) in [5.41, 5.74) is 4.50. The zero-order valence-corrected chi connectivity index (χ0v) is 11.9. The summed E-state index contributed by atoms with van der Waals surface area (Å²) in [6, 6.07) is 12.9. The molecule has 0 aliphatic carbocycles. The molecule has 0 radical (unpaired) electrons. The van der Waals surface area contributed by atoms with Crippen molar-refractivity contribution in [2.24, 2.45) is 5.10 Å². The Morgan fingerprint density at radius 2 is 2.11 bits per heavy atom. The predicted molar refractivity (Wildman–Crippen MR) is 78.1 cm³/mol. The van der Waals surface area contributed by atoms with E-state index in [1.54, 1.807) is 24.4 Å². The fraction of sp³-hybridized carbons (Fsp3) is 0.0714. The van der Waals surface area contributed by atoms with Gasteiger partial charge in [-0.05, 0) is 36.8 Å². The van der Waals surface area contributed by atoms with Gasteiger partial charge in [-0.2, -0.15) is 5.10 Å². The first-order valence-corrected chi connectivity index (χ1v) is 6.48. The van der Waals surface area contributed by atoms with Crippen LogP contribution in [0.15, 0.2) is 58.2 Å². The molecule has 0 atom stereocenters. The molecule has 5 heteroatoms. The van der Waals surface area contributed by atoms with Crippen LogP contribution in [-0.2, 0) is 0 Å². The van der Waals surface area contributed by atoms with E-state index in [-0.39, 0.29) is 5.91 Å². The lowest BCUT2D eigenvalue weighted by atomic mass is 10.1. The number of pyridine rings is 1. The molecule has 1 N–H and O–H groups in total. The van der Waals surface area contributed by atoms with Gasteiger partial charge in [0, 0.05) is 10.7 Å². The number of carbonyl (C=O) groups is 1. The molecular formula is C14H12BrN3O. The molecule has 1 aromatic carbocycles. The van der Waals surface area contributed by atoms with Crippen molar-refractivity contribution in [3.63, 3.8) is 0 Å². The van der Waals surface area contributed by atoms with E-state index in [1.807, 2.05) is 31.2 Å². The molecule has 0 bridgehead atoms. The molecule has 0 fully saturated rings. The third-order valence-corrected chi connectivity index (χ3v) is 2.96. The minimum atomic E-state index is -0.324. The highest BCUT2D eigenvalue weighted by Gasteiger charge is 2.05. The Bertz CT molecular complexity index is 611. The number of halogens is 1. The molecule has 0 saturated carbocycles. The van der Waals surface area contributed by atoms with Gasteiger partial charge in [0.2, 0.25) is 0 Å². The van der Waals surface area contributed by atoms with Crippen LogP contribution >= 0.6 is 15.9 Å². The Morgan fingerprint density at radius 1 is 1.26 bits per heavy atom. The van der Waals surface area contributed by atoms with Crippen LogP contribution in [-0.4, -0.2) is 16.6 Å². The highest BCUT2D eigenvalue weighted by Crippen LogP contribution is 2.12. The van der Waals surface area contributed by atoms with E-state index in [2.05, 4.69) is 31.4 Å². The maximum Gasteiger partial charge on any atom is 0.289 e. The fourth-order valence-corrected chi connectivity index (χ4v) is 1.87. The number of hydrogen-bond donors (Lipinski definition) is 1. The predicted octanol–water partition coefficient (Wildman–Crippen LogP) is 3.00. The quantitative estimate of drug-likeness (QED) is 0.699. The zero-order chi connectivity index (χ0) is 13.7. The summed E-state index contributed by atoms with van der Waals surface area (Å²) >= 11 is 3.39. The summed E-state index contributed by atoms with van der Waals surface area (Å²) in [6.07, 6.45) is 1.57. The number of rotatable bonds is 3. The van der Waals surface area contributed by atoms with E-state index in [0.717, 1.165) is 15.7 Å². The second-order valence-corrected chi connectivity index (χ2v) is 4.78. The summed E-state index contributed by atoms with van der Waals surface area (Å²) in [6.45, 7) is 1.83. The number of nitrogens with zero attached hydrogens (tertiary/aromatic N) is 2. The highest BCUT2D eigenvalue weighted by atomic mass is 79.9. The monoisotopic (exact) mass is 317 g/mol. The molecule has 0 aliphatic rings. The second-order valence-electron chi connectivity index (χ2n) is 3.86. The van der Waals surface area contributed by atoms with Gasteiger partial charge in [0.1, 0.15) is 5.69 Å². The van der Waals surface area contributed by atoms with Crippen molar-refractivity contribution in [1.82, 2.24) is 10.4 Å². The molecule has 4 nitrogen and oxygen atoms in total. The van der Waals surface area contributed by atoms with Gasteiger partial charge in [-0.1, -0.05) is 34.1 Å². The number of carbonyl (C=O) groups excluding carboxylic acids is 1. The van der Waals surface area contributed by atoms with Crippen LogP contribution in [0.25, 0.3) is 0 Å². The summed E-state index contributed by atoms with van der Waals surface area (Å²) in [4.78, 5) is 15.7. The van der Waals surface area contributed by atoms with E-state index in [4.69, 9.17) is 0 Å². The Balaban J connectivity index is 2.09. The zero-order valence-electron chi connectivity index (χ0n) is 10.3. The summed E-state index contributed by atoms with van der Waals surface area (Å²) in [5.74, 6) is -0.324. The van der Waals surface area contributed by atoms with Gasteiger partial charge in [0.05, 0.1) is 5.71 Å². The van der Waals surface area contributed by atoms with E-state index in [9.17, 15) is 4.79 Å². The van der Waals surface area contributed by atoms with Crippen LogP contribution < -0.4 is 5.43 Å². The maximum absolute atomic E-state index is 11.8. The first-order chi connectivity index (χ1) is 9.16. The van der Waals surface area contributed by atoms with Gasteiger partial charge < -0.3 is 0 Å². The highest BCUT2D eigenvalue weighted by molar-refractivity contribution is 9.10. The Kier molecular flexibility index (Phi) is 4.41. The number of nitrogens with one attached hydrogen (secondary N) is 1. The summed E-state index contributed by atoms with van der Waals surface area (Å²) in [7, 11) is 0. The van der Waals surface area contributed by atoms with E-state index < -0.39 is 0 Å². The molecule has 1 aromatic heterocycles. The smallest absolute Gasteiger partial charge is 0.266 e. The number of hydrazone groups is 1. The van der Waals surface area contributed by atoms with Gasteiger partial charge in [0.25, 0.3) is 5.91 Å². The lowest BCUT2D eigenvalue weighted by Gasteiger charge is -2.03. The van der Waals surface area contributed by atoms with E-state index in [1.165, 1.54) is 0 Å². The van der Waals surface area contributed by atoms with Crippen LogP contribution in [0.4, 0.5) is 0 Å². The van der Waals surface area contributed by atoms with Crippen molar-refractivity contribution in [1.29, 1.82) is 0 Å². The minimum absolute atomic E-state index is 0.324. The molecule has 0 unspecified atom stereocenters. The van der Waals surface area contributed by atoms with Crippen molar-refractivity contribution in [2.75, 3.05) is 0 Å². The SMILES string of the molecule is C/C(=N\NC(=O)c1ccccn1)c1cccc(Br)c1. The summed E-state index contributed by atoms with van der Waals surface area (Å²) in [5, 5.41) is 4.07. The third kappa shape index (κ3) is 3.72. The van der Waals surface area contributed by atoms with E-state index >= 15 is 0 Å². The second kappa shape index (κ2) is 6.24. The van der Waals surface area contributed by atoms with Crippen molar-refractivity contribution >= 4 is 27.5 Å². The maximum atomic E-state index is 11.8. The molecule has 0 saturated heterocycles. The normalized spacial score (nSPS) is 11.2. The summed E-state index contributed by atoms with van der Waals surface area (Å²) < 4.78 is 0.968. The number of hydrogen-bond acceptors (Lipinski definition) is 3. The molecular weight excluding hydrogens is 306 g/mol. The third-order valence-electron chi connectivity index (χ3n) is 2.47. The Labute approximate surface area is 119 Å². The van der Waals surface area contributed by atoms with Gasteiger partial charge in [0.15, 0.2) is 0 Å². The first-order valence-electron chi connectivity index (χ1n) is 5.68. The molecule has 1 amide bonds. The lowest BCUT2D eigenvalue weighted by Crippen LogP contribution is -2.20. The number of amides is 1. The van der Waals surface area contributed by atoms with Crippen molar-refractivity contribution in [3.8, 4) is 0 Å². The molecule has 19 heavy (non-hydrogen) atoms. The molecule has 1 heterocycles. The number of benzene rings is 1. The Morgan fingerprint density at radius 3 is 2.79 bits per heavy atom. The number of aromatic nitrogens is 1. The van der Waals surface area contributed by atoms with Crippen LogP contribution in [0.5, 0.6) is 0 Å². The minimum Gasteiger partial charge on any atom is -0.266 e.